The fourth-order valence-corrected chi connectivity index (χ4v) is 4.40. The van der Waals surface area contributed by atoms with E-state index in [2.05, 4.69) is 0 Å². The standard InChI is InChI=1S/C16H30O/c1-17-14-8-13-16(11-6-3-7-12-16)15-9-4-2-5-10-15/h15H,2-14H2,1H3. The first-order valence-corrected chi connectivity index (χ1v) is 7.86. The number of methoxy groups -OCH3 is 1. The maximum atomic E-state index is 5.27. The minimum Gasteiger partial charge on any atom is -0.385 e. The van der Waals surface area contributed by atoms with Crippen LogP contribution in [-0.4, -0.2) is 13.7 Å². The van der Waals surface area contributed by atoms with Crippen molar-refractivity contribution in [3.8, 4) is 0 Å². The molecule has 17 heavy (non-hydrogen) atoms. The van der Waals surface area contributed by atoms with Crippen molar-refractivity contribution in [2.75, 3.05) is 13.7 Å². The molecule has 0 aliphatic heterocycles. The molecular weight excluding hydrogens is 208 g/mol. The van der Waals surface area contributed by atoms with Crippen molar-refractivity contribution in [2.45, 2.75) is 77.0 Å². The van der Waals surface area contributed by atoms with Crippen LogP contribution >= 0.6 is 0 Å². The van der Waals surface area contributed by atoms with E-state index in [-0.39, 0.29) is 0 Å². The van der Waals surface area contributed by atoms with Crippen LogP contribution in [0.3, 0.4) is 0 Å². The molecule has 0 atom stereocenters. The zero-order valence-corrected chi connectivity index (χ0v) is 11.7. The second-order valence-corrected chi connectivity index (χ2v) is 6.35. The number of hydrogen-bond donors (Lipinski definition) is 0. The van der Waals surface area contributed by atoms with Gasteiger partial charge in [-0.2, -0.15) is 0 Å². The summed E-state index contributed by atoms with van der Waals surface area (Å²) in [4.78, 5) is 0. The van der Waals surface area contributed by atoms with Gasteiger partial charge >= 0.3 is 0 Å². The Bertz CT molecular complexity index is 200. The highest BCUT2D eigenvalue weighted by atomic mass is 16.5. The quantitative estimate of drug-likeness (QED) is 0.616. The fourth-order valence-electron chi connectivity index (χ4n) is 4.40. The Morgan fingerprint density at radius 2 is 1.59 bits per heavy atom. The van der Waals surface area contributed by atoms with E-state index in [0.717, 1.165) is 17.9 Å². The fraction of sp³-hybridized carbons (Fsp3) is 1.00. The van der Waals surface area contributed by atoms with Crippen LogP contribution in [0.15, 0.2) is 0 Å². The molecule has 100 valence electrons. The number of ether oxygens (including phenoxy) is 1. The Morgan fingerprint density at radius 3 is 2.24 bits per heavy atom. The molecular formula is C16H30O. The first-order chi connectivity index (χ1) is 8.37. The molecule has 0 aromatic rings. The Hall–Kier alpha value is -0.0400. The molecule has 0 unspecified atom stereocenters. The van der Waals surface area contributed by atoms with Crippen molar-refractivity contribution in [1.82, 2.24) is 0 Å². The van der Waals surface area contributed by atoms with Gasteiger partial charge in [0.25, 0.3) is 0 Å². The highest BCUT2D eigenvalue weighted by Crippen LogP contribution is 2.51. The lowest BCUT2D eigenvalue weighted by Gasteiger charge is -2.46. The second-order valence-electron chi connectivity index (χ2n) is 6.35. The molecule has 1 heteroatoms. The average molecular weight is 238 g/mol. The van der Waals surface area contributed by atoms with Crippen LogP contribution < -0.4 is 0 Å². The first-order valence-electron chi connectivity index (χ1n) is 7.86. The molecule has 0 heterocycles. The van der Waals surface area contributed by atoms with Crippen molar-refractivity contribution in [3.63, 3.8) is 0 Å². The van der Waals surface area contributed by atoms with Crippen molar-refractivity contribution in [2.24, 2.45) is 11.3 Å². The van der Waals surface area contributed by atoms with Crippen LogP contribution in [0.25, 0.3) is 0 Å². The third kappa shape index (κ3) is 3.47. The van der Waals surface area contributed by atoms with Gasteiger partial charge in [-0.25, -0.2) is 0 Å². The van der Waals surface area contributed by atoms with Crippen molar-refractivity contribution in [3.05, 3.63) is 0 Å². The number of hydrogen-bond acceptors (Lipinski definition) is 1. The van der Waals surface area contributed by atoms with Crippen LogP contribution in [0.5, 0.6) is 0 Å². The first kappa shape index (κ1) is 13.4. The second kappa shape index (κ2) is 6.78. The van der Waals surface area contributed by atoms with E-state index >= 15 is 0 Å². The minimum absolute atomic E-state index is 0.719. The summed E-state index contributed by atoms with van der Waals surface area (Å²) in [5.74, 6) is 1.05. The molecule has 2 rings (SSSR count). The summed E-state index contributed by atoms with van der Waals surface area (Å²) < 4.78 is 5.27. The molecule has 0 N–H and O–H groups in total. The summed E-state index contributed by atoms with van der Waals surface area (Å²) in [6, 6.07) is 0. The normalized spacial score (nSPS) is 25.9. The number of rotatable bonds is 5. The average Bonchev–Trinajstić information content (AvgIpc) is 2.41. The Balaban J connectivity index is 1.94. The summed E-state index contributed by atoms with van der Waals surface area (Å²) in [7, 11) is 1.84. The smallest absolute Gasteiger partial charge is 0.0462 e. The van der Waals surface area contributed by atoms with Crippen LogP contribution in [0.4, 0.5) is 0 Å². The van der Waals surface area contributed by atoms with E-state index in [0.29, 0.717) is 0 Å². The zero-order valence-electron chi connectivity index (χ0n) is 11.7. The molecule has 2 aliphatic rings. The molecule has 0 radical (unpaired) electrons. The van der Waals surface area contributed by atoms with Gasteiger partial charge in [-0.3, -0.25) is 0 Å². The predicted molar refractivity (Wildman–Crippen MR) is 73.2 cm³/mol. The highest BCUT2D eigenvalue weighted by Gasteiger charge is 2.39. The highest BCUT2D eigenvalue weighted by molar-refractivity contribution is 4.90. The van der Waals surface area contributed by atoms with Crippen LogP contribution in [0.1, 0.15) is 77.0 Å². The molecule has 0 aromatic carbocycles. The predicted octanol–water partition coefficient (Wildman–Crippen LogP) is 4.94. The Labute approximate surface area is 107 Å². The largest absolute Gasteiger partial charge is 0.385 e. The van der Waals surface area contributed by atoms with Gasteiger partial charge in [0, 0.05) is 13.7 Å². The third-order valence-corrected chi connectivity index (χ3v) is 5.34. The maximum absolute atomic E-state index is 5.27. The monoisotopic (exact) mass is 238 g/mol. The van der Waals surface area contributed by atoms with E-state index in [1.165, 1.54) is 77.0 Å². The summed E-state index contributed by atoms with van der Waals surface area (Å²) in [6.07, 6.45) is 17.7. The molecule has 0 amide bonds. The summed E-state index contributed by atoms with van der Waals surface area (Å²) >= 11 is 0. The van der Waals surface area contributed by atoms with E-state index in [9.17, 15) is 0 Å². The van der Waals surface area contributed by atoms with Crippen LogP contribution in [-0.2, 0) is 4.74 Å². The lowest BCUT2D eigenvalue weighted by Crippen LogP contribution is -2.34. The Morgan fingerprint density at radius 1 is 0.941 bits per heavy atom. The summed E-state index contributed by atoms with van der Waals surface area (Å²) in [5, 5.41) is 0. The molecule has 0 saturated heterocycles. The van der Waals surface area contributed by atoms with Gasteiger partial charge in [-0.1, -0.05) is 38.5 Å². The summed E-state index contributed by atoms with van der Waals surface area (Å²) in [6.45, 7) is 0.967. The van der Waals surface area contributed by atoms with Crippen molar-refractivity contribution in [1.29, 1.82) is 0 Å². The van der Waals surface area contributed by atoms with Gasteiger partial charge in [0.15, 0.2) is 0 Å². The van der Waals surface area contributed by atoms with E-state index in [1.54, 1.807) is 0 Å². The van der Waals surface area contributed by atoms with E-state index < -0.39 is 0 Å². The van der Waals surface area contributed by atoms with Gasteiger partial charge in [0.05, 0.1) is 0 Å². The van der Waals surface area contributed by atoms with E-state index in [1.807, 2.05) is 7.11 Å². The van der Waals surface area contributed by atoms with Crippen molar-refractivity contribution >= 4 is 0 Å². The molecule has 2 aliphatic carbocycles. The molecule has 0 bridgehead atoms. The van der Waals surface area contributed by atoms with E-state index in [4.69, 9.17) is 4.74 Å². The lowest BCUT2D eigenvalue weighted by atomic mass is 9.60. The Kier molecular flexibility index (Phi) is 5.34. The van der Waals surface area contributed by atoms with Gasteiger partial charge in [0.2, 0.25) is 0 Å². The van der Waals surface area contributed by atoms with Gasteiger partial charge in [-0.05, 0) is 49.9 Å². The van der Waals surface area contributed by atoms with Gasteiger partial charge < -0.3 is 4.74 Å². The van der Waals surface area contributed by atoms with Crippen LogP contribution in [0, 0.1) is 11.3 Å². The topological polar surface area (TPSA) is 9.23 Å². The van der Waals surface area contributed by atoms with Gasteiger partial charge in [0.1, 0.15) is 0 Å². The van der Waals surface area contributed by atoms with Gasteiger partial charge in [-0.15, -0.1) is 0 Å². The molecule has 0 aromatic heterocycles. The SMILES string of the molecule is COCCCC1(C2CCCCC2)CCCCC1. The maximum Gasteiger partial charge on any atom is 0.0462 e. The molecule has 2 fully saturated rings. The molecule has 1 nitrogen and oxygen atoms in total. The summed E-state index contributed by atoms with van der Waals surface area (Å²) in [5.41, 5.74) is 0.719. The lowest BCUT2D eigenvalue weighted by molar-refractivity contribution is 0.0464. The zero-order chi connectivity index (χ0) is 12.0. The molecule has 0 spiro atoms. The molecule has 2 saturated carbocycles. The third-order valence-electron chi connectivity index (χ3n) is 5.34. The minimum atomic E-state index is 0.719. The van der Waals surface area contributed by atoms with Crippen LogP contribution in [0.2, 0.25) is 0 Å². The van der Waals surface area contributed by atoms with Crippen molar-refractivity contribution < 1.29 is 4.74 Å².